The molecule has 3 aromatic carbocycles. The molecular weight excluding hydrogens is 382 g/mol. The van der Waals surface area contributed by atoms with Crippen molar-refractivity contribution in [1.29, 1.82) is 0 Å². The highest BCUT2D eigenvalue weighted by Gasteiger charge is 2.20. The normalized spacial score (nSPS) is 12.2. The van der Waals surface area contributed by atoms with Gasteiger partial charge in [-0.2, -0.15) is 0 Å². The minimum Gasteiger partial charge on any atom is -0.386 e. The fourth-order valence-corrected chi connectivity index (χ4v) is 3.97. The van der Waals surface area contributed by atoms with Gasteiger partial charge in [-0.15, -0.1) is 0 Å². The van der Waals surface area contributed by atoms with E-state index in [1.807, 2.05) is 74.7 Å². The number of benzene rings is 3. The number of imidazole rings is 1. The summed E-state index contributed by atoms with van der Waals surface area (Å²) in [7, 11) is 0. The van der Waals surface area contributed by atoms with E-state index in [4.69, 9.17) is 4.98 Å². The number of hydrogen-bond acceptors (Lipinski definition) is 3. The smallest absolute Gasteiger partial charge is 0.131 e. The zero-order chi connectivity index (χ0) is 21.4. The summed E-state index contributed by atoms with van der Waals surface area (Å²) in [5.41, 5.74) is 5.91. The zero-order valence-corrected chi connectivity index (χ0v) is 17.5. The first kappa shape index (κ1) is 19.2. The quantitative estimate of drug-likeness (QED) is 0.375. The molecular formula is C27H23N3O. The van der Waals surface area contributed by atoms with Crippen molar-refractivity contribution >= 4 is 34.1 Å². The van der Waals surface area contributed by atoms with Gasteiger partial charge in [-0.1, -0.05) is 54.6 Å². The predicted octanol–water partition coefficient (Wildman–Crippen LogP) is 6.18. The van der Waals surface area contributed by atoms with Crippen LogP contribution in [-0.2, 0) is 5.60 Å². The lowest BCUT2D eigenvalue weighted by Crippen LogP contribution is -2.16. The van der Waals surface area contributed by atoms with Crippen LogP contribution < -0.4 is 0 Å². The second-order valence-electron chi connectivity index (χ2n) is 8.21. The third kappa shape index (κ3) is 3.74. The minimum atomic E-state index is -0.919. The van der Waals surface area contributed by atoms with Gasteiger partial charge in [0, 0.05) is 17.1 Å². The van der Waals surface area contributed by atoms with Gasteiger partial charge in [0.05, 0.1) is 22.2 Å². The predicted molar refractivity (Wildman–Crippen MR) is 127 cm³/mol. The van der Waals surface area contributed by atoms with Crippen LogP contribution in [0, 0.1) is 0 Å². The number of nitrogens with zero attached hydrogens (tertiary/aromatic N) is 2. The molecule has 0 atom stereocenters. The van der Waals surface area contributed by atoms with Gasteiger partial charge in [-0.25, -0.2) is 4.98 Å². The fourth-order valence-electron chi connectivity index (χ4n) is 3.97. The summed E-state index contributed by atoms with van der Waals surface area (Å²) in [6.07, 6.45) is 5.83. The first-order valence-electron chi connectivity index (χ1n) is 10.3. The molecule has 0 spiro atoms. The molecule has 0 bridgehead atoms. The van der Waals surface area contributed by atoms with Gasteiger partial charge in [0.1, 0.15) is 5.82 Å². The number of fused-ring (bicyclic) bond motifs is 2. The maximum absolute atomic E-state index is 10.6. The molecule has 0 fully saturated rings. The molecule has 0 aliphatic heterocycles. The highest BCUT2D eigenvalue weighted by molar-refractivity contribution is 5.90. The van der Waals surface area contributed by atoms with E-state index in [1.54, 1.807) is 0 Å². The fraction of sp³-hybridized carbons (Fsp3) is 0.111. The van der Waals surface area contributed by atoms with Gasteiger partial charge >= 0.3 is 0 Å². The number of para-hydroxylation sites is 1. The summed E-state index contributed by atoms with van der Waals surface area (Å²) >= 11 is 0. The van der Waals surface area contributed by atoms with E-state index in [-0.39, 0.29) is 0 Å². The minimum absolute atomic E-state index is 0.788. The van der Waals surface area contributed by atoms with Crippen molar-refractivity contribution in [2.75, 3.05) is 0 Å². The van der Waals surface area contributed by atoms with Crippen LogP contribution in [0.2, 0.25) is 0 Å². The van der Waals surface area contributed by atoms with Gasteiger partial charge < -0.3 is 10.1 Å². The number of H-pyrrole nitrogens is 1. The molecule has 0 amide bonds. The Bertz CT molecular complexity index is 1420. The van der Waals surface area contributed by atoms with E-state index in [0.717, 1.165) is 50.0 Å². The lowest BCUT2D eigenvalue weighted by atomic mass is 9.89. The molecule has 0 saturated heterocycles. The summed E-state index contributed by atoms with van der Waals surface area (Å²) < 4.78 is 0. The Kier molecular flexibility index (Phi) is 4.64. The van der Waals surface area contributed by atoms with E-state index >= 15 is 0 Å². The van der Waals surface area contributed by atoms with Crippen molar-refractivity contribution in [2.45, 2.75) is 19.4 Å². The van der Waals surface area contributed by atoms with Crippen molar-refractivity contribution in [2.24, 2.45) is 0 Å². The molecule has 0 saturated carbocycles. The monoisotopic (exact) mass is 405 g/mol. The van der Waals surface area contributed by atoms with Gasteiger partial charge in [0.25, 0.3) is 0 Å². The molecule has 0 unspecified atom stereocenters. The summed E-state index contributed by atoms with van der Waals surface area (Å²) in [5, 5.41) is 11.7. The maximum Gasteiger partial charge on any atom is 0.131 e. The molecule has 2 aromatic heterocycles. The average Bonchev–Trinajstić information content (AvgIpc) is 3.19. The molecule has 5 aromatic rings. The molecule has 0 radical (unpaired) electrons. The van der Waals surface area contributed by atoms with Crippen LogP contribution in [0.5, 0.6) is 0 Å². The molecule has 0 aliphatic carbocycles. The Morgan fingerprint density at radius 1 is 0.903 bits per heavy atom. The number of aromatic amines is 1. The Morgan fingerprint density at radius 2 is 1.74 bits per heavy atom. The van der Waals surface area contributed by atoms with Crippen LogP contribution in [-0.4, -0.2) is 20.1 Å². The van der Waals surface area contributed by atoms with E-state index in [2.05, 4.69) is 40.3 Å². The molecule has 31 heavy (non-hydrogen) atoms. The van der Waals surface area contributed by atoms with Crippen LogP contribution in [0.3, 0.4) is 0 Å². The standard InChI is InChI=1S/C27H23N3O/c1-27(2,31)22-11-4-3-10-21(22)20-12-14-23-24(17-20)30-25(29-23)15-13-19-8-5-7-18-9-6-16-28-26(18)19/h3-17,31H,1-2H3,(H,29,30)/b15-13+. The Hall–Kier alpha value is -3.76. The van der Waals surface area contributed by atoms with Crippen molar-refractivity contribution in [3.05, 3.63) is 95.9 Å². The zero-order valence-electron chi connectivity index (χ0n) is 17.5. The van der Waals surface area contributed by atoms with Crippen LogP contribution in [0.15, 0.2) is 79.0 Å². The molecule has 2 heterocycles. The molecule has 2 N–H and O–H groups in total. The third-order valence-electron chi connectivity index (χ3n) is 5.48. The lowest BCUT2D eigenvalue weighted by molar-refractivity contribution is 0.0792. The maximum atomic E-state index is 10.6. The summed E-state index contributed by atoms with van der Waals surface area (Å²) in [4.78, 5) is 12.6. The van der Waals surface area contributed by atoms with Gasteiger partial charge in [0.15, 0.2) is 0 Å². The third-order valence-corrected chi connectivity index (χ3v) is 5.48. The second kappa shape index (κ2) is 7.49. The SMILES string of the molecule is CC(C)(O)c1ccccc1-c1ccc2[nH]c(/C=C/c3cccc4cccnc34)nc2c1. The van der Waals surface area contributed by atoms with Gasteiger partial charge in [-0.3, -0.25) is 4.98 Å². The number of aromatic nitrogens is 3. The molecule has 152 valence electrons. The van der Waals surface area contributed by atoms with Crippen LogP contribution in [0.1, 0.15) is 30.8 Å². The average molecular weight is 406 g/mol. The molecule has 5 rings (SSSR count). The van der Waals surface area contributed by atoms with E-state index in [0.29, 0.717) is 0 Å². The highest BCUT2D eigenvalue weighted by Crippen LogP contribution is 2.32. The molecule has 4 nitrogen and oxygen atoms in total. The lowest BCUT2D eigenvalue weighted by Gasteiger charge is -2.21. The molecule has 0 aliphatic rings. The van der Waals surface area contributed by atoms with E-state index in [9.17, 15) is 5.11 Å². The first-order valence-corrected chi connectivity index (χ1v) is 10.3. The number of hydrogen-bond donors (Lipinski definition) is 2. The molecule has 4 heteroatoms. The largest absolute Gasteiger partial charge is 0.386 e. The van der Waals surface area contributed by atoms with Crippen LogP contribution >= 0.6 is 0 Å². The topological polar surface area (TPSA) is 61.8 Å². The van der Waals surface area contributed by atoms with Crippen LogP contribution in [0.4, 0.5) is 0 Å². The van der Waals surface area contributed by atoms with Gasteiger partial charge in [-0.05, 0) is 60.9 Å². The first-order chi connectivity index (χ1) is 15.0. The number of rotatable bonds is 4. The van der Waals surface area contributed by atoms with Crippen molar-refractivity contribution < 1.29 is 5.11 Å². The Balaban J connectivity index is 1.52. The Labute approximate surface area is 180 Å². The number of aliphatic hydroxyl groups is 1. The van der Waals surface area contributed by atoms with Crippen molar-refractivity contribution in [3.63, 3.8) is 0 Å². The summed E-state index contributed by atoms with van der Waals surface area (Å²) in [6, 6.07) is 24.3. The van der Waals surface area contributed by atoms with Crippen molar-refractivity contribution in [1.82, 2.24) is 15.0 Å². The Morgan fingerprint density at radius 3 is 2.61 bits per heavy atom. The number of nitrogens with one attached hydrogen (secondary N) is 1. The van der Waals surface area contributed by atoms with E-state index < -0.39 is 5.60 Å². The van der Waals surface area contributed by atoms with E-state index in [1.165, 1.54) is 0 Å². The number of pyridine rings is 1. The second-order valence-corrected chi connectivity index (χ2v) is 8.21. The highest BCUT2D eigenvalue weighted by atomic mass is 16.3. The summed E-state index contributed by atoms with van der Waals surface area (Å²) in [6.45, 7) is 3.62. The van der Waals surface area contributed by atoms with Crippen LogP contribution in [0.25, 0.3) is 45.2 Å². The summed E-state index contributed by atoms with van der Waals surface area (Å²) in [5.74, 6) is 0.788. The van der Waals surface area contributed by atoms with Gasteiger partial charge in [0.2, 0.25) is 0 Å². The van der Waals surface area contributed by atoms with Crippen molar-refractivity contribution in [3.8, 4) is 11.1 Å².